The Morgan fingerprint density at radius 3 is 2.73 bits per heavy atom. The van der Waals surface area contributed by atoms with Crippen LogP contribution in [-0.4, -0.2) is 33.1 Å². The number of aryl methyl sites for hydroxylation is 1. The number of aliphatic hydroxyl groups is 1. The molecule has 2 aromatic rings. The van der Waals surface area contributed by atoms with E-state index in [4.69, 9.17) is 0 Å². The van der Waals surface area contributed by atoms with E-state index in [2.05, 4.69) is 0 Å². The second-order valence-electron chi connectivity index (χ2n) is 5.96. The molecule has 1 fully saturated rings. The molecule has 0 spiro atoms. The van der Waals surface area contributed by atoms with Crippen molar-refractivity contribution in [3.8, 4) is 0 Å². The molecule has 0 unspecified atom stereocenters. The fourth-order valence-electron chi connectivity index (χ4n) is 3.25. The number of aromatic nitrogens is 1. The molecule has 22 heavy (non-hydrogen) atoms. The average molecular weight is 298 g/mol. The number of hydrogen-bond acceptors (Lipinski definition) is 2. The van der Waals surface area contributed by atoms with Gasteiger partial charge in [0.05, 0.1) is 6.10 Å². The van der Waals surface area contributed by atoms with Crippen molar-refractivity contribution < 1.29 is 9.90 Å². The average Bonchev–Trinajstić information content (AvgIpc) is 3.16. The van der Waals surface area contributed by atoms with E-state index in [9.17, 15) is 9.90 Å². The maximum absolute atomic E-state index is 12.7. The van der Waals surface area contributed by atoms with Crippen LogP contribution < -0.4 is 0 Å². The topological polar surface area (TPSA) is 45.5 Å². The smallest absolute Gasteiger partial charge is 0.270 e. The first-order chi connectivity index (χ1) is 10.7. The Morgan fingerprint density at radius 2 is 2.05 bits per heavy atom. The van der Waals surface area contributed by atoms with Crippen molar-refractivity contribution in [2.45, 2.75) is 31.4 Å². The first-order valence-corrected chi connectivity index (χ1v) is 7.82. The van der Waals surface area contributed by atoms with E-state index in [0.29, 0.717) is 12.1 Å². The molecule has 4 nitrogen and oxygen atoms in total. The van der Waals surface area contributed by atoms with Crippen LogP contribution in [0, 0.1) is 0 Å². The molecule has 2 atom stereocenters. The van der Waals surface area contributed by atoms with Gasteiger partial charge < -0.3 is 14.6 Å². The quantitative estimate of drug-likeness (QED) is 0.943. The molecule has 1 aromatic heterocycles. The van der Waals surface area contributed by atoms with Gasteiger partial charge in [-0.3, -0.25) is 4.79 Å². The molecule has 1 saturated heterocycles. The van der Waals surface area contributed by atoms with E-state index >= 15 is 0 Å². The maximum Gasteiger partial charge on any atom is 0.270 e. The molecule has 1 aliphatic rings. The Bertz CT molecular complexity index is 636. The van der Waals surface area contributed by atoms with E-state index < -0.39 is 6.10 Å². The van der Waals surface area contributed by atoms with Gasteiger partial charge in [-0.15, -0.1) is 0 Å². The number of benzene rings is 1. The lowest BCUT2D eigenvalue weighted by Crippen LogP contribution is -2.37. The summed E-state index contributed by atoms with van der Waals surface area (Å²) in [6, 6.07) is 13.5. The molecule has 0 bridgehead atoms. The van der Waals surface area contributed by atoms with Crippen molar-refractivity contribution in [1.82, 2.24) is 9.47 Å². The van der Waals surface area contributed by atoms with Gasteiger partial charge >= 0.3 is 0 Å². The Hall–Kier alpha value is -2.07. The number of carbonyl (C=O) groups excluding carboxylic acids is 1. The molecule has 1 amide bonds. The van der Waals surface area contributed by atoms with Crippen molar-refractivity contribution >= 4 is 5.91 Å². The Kier molecular flexibility index (Phi) is 4.29. The lowest BCUT2D eigenvalue weighted by Gasteiger charge is -2.27. The molecule has 3 rings (SSSR count). The van der Waals surface area contributed by atoms with Crippen LogP contribution in [0.2, 0.25) is 0 Å². The summed E-state index contributed by atoms with van der Waals surface area (Å²) < 4.78 is 1.85. The minimum Gasteiger partial charge on any atom is -0.388 e. The van der Waals surface area contributed by atoms with Gasteiger partial charge in [-0.2, -0.15) is 0 Å². The van der Waals surface area contributed by atoms with Gasteiger partial charge in [-0.05, 0) is 37.0 Å². The van der Waals surface area contributed by atoms with Gasteiger partial charge in [0.15, 0.2) is 0 Å². The van der Waals surface area contributed by atoms with E-state index in [1.54, 1.807) is 0 Å². The summed E-state index contributed by atoms with van der Waals surface area (Å²) in [6.07, 6.45) is 3.92. The second kappa shape index (κ2) is 6.36. The van der Waals surface area contributed by atoms with Gasteiger partial charge in [0, 0.05) is 25.8 Å². The number of nitrogens with zero attached hydrogens (tertiary/aromatic N) is 2. The number of likely N-dealkylation sites (tertiary alicyclic amines) is 1. The summed E-state index contributed by atoms with van der Waals surface area (Å²) in [5, 5.41) is 10.4. The van der Waals surface area contributed by atoms with Crippen molar-refractivity contribution in [2.24, 2.45) is 7.05 Å². The van der Waals surface area contributed by atoms with Crippen LogP contribution in [0.25, 0.3) is 0 Å². The zero-order valence-electron chi connectivity index (χ0n) is 12.9. The summed E-state index contributed by atoms with van der Waals surface area (Å²) in [5.74, 6) is 0.0651. The predicted octanol–water partition coefficient (Wildman–Crippen LogP) is 2.75. The lowest BCUT2D eigenvalue weighted by atomic mass is 10.0. The van der Waals surface area contributed by atoms with Crippen LogP contribution in [0.1, 0.15) is 41.4 Å². The van der Waals surface area contributed by atoms with Crippen molar-refractivity contribution in [1.29, 1.82) is 0 Å². The minimum absolute atomic E-state index is 0.0651. The maximum atomic E-state index is 12.7. The third kappa shape index (κ3) is 2.92. The highest BCUT2D eigenvalue weighted by atomic mass is 16.3. The molecule has 4 heteroatoms. The second-order valence-corrected chi connectivity index (χ2v) is 5.96. The summed E-state index contributed by atoms with van der Waals surface area (Å²) >= 11 is 0. The summed E-state index contributed by atoms with van der Waals surface area (Å²) in [5.41, 5.74) is 1.63. The predicted molar refractivity (Wildman–Crippen MR) is 85.5 cm³/mol. The van der Waals surface area contributed by atoms with E-state index in [-0.39, 0.29) is 11.9 Å². The van der Waals surface area contributed by atoms with E-state index in [0.717, 1.165) is 24.9 Å². The van der Waals surface area contributed by atoms with Crippen molar-refractivity contribution in [3.63, 3.8) is 0 Å². The van der Waals surface area contributed by atoms with Crippen LogP contribution in [0.5, 0.6) is 0 Å². The highest BCUT2D eigenvalue weighted by Gasteiger charge is 2.31. The normalized spacial score (nSPS) is 19.4. The largest absolute Gasteiger partial charge is 0.388 e. The van der Waals surface area contributed by atoms with Crippen LogP contribution >= 0.6 is 0 Å². The SMILES string of the molecule is Cn1cccc1C(=O)N1CCC[C@H]1C[C@H](O)c1ccccc1. The fourth-order valence-corrected chi connectivity index (χ4v) is 3.25. The number of carbonyl (C=O) groups is 1. The Morgan fingerprint density at radius 1 is 1.27 bits per heavy atom. The third-order valence-corrected chi connectivity index (χ3v) is 4.48. The summed E-state index contributed by atoms with van der Waals surface area (Å²) in [4.78, 5) is 14.6. The zero-order valence-corrected chi connectivity index (χ0v) is 12.9. The fraction of sp³-hybridized carbons (Fsp3) is 0.389. The molecule has 116 valence electrons. The van der Waals surface area contributed by atoms with Crippen LogP contribution in [0.3, 0.4) is 0 Å². The van der Waals surface area contributed by atoms with Crippen molar-refractivity contribution in [2.75, 3.05) is 6.54 Å². The number of rotatable bonds is 4. The zero-order chi connectivity index (χ0) is 15.5. The molecule has 1 aromatic carbocycles. The van der Waals surface area contributed by atoms with E-state index in [1.807, 2.05) is 65.2 Å². The minimum atomic E-state index is -0.520. The number of amides is 1. The van der Waals surface area contributed by atoms with Crippen LogP contribution in [0.15, 0.2) is 48.7 Å². The lowest BCUT2D eigenvalue weighted by molar-refractivity contribution is 0.0658. The first-order valence-electron chi connectivity index (χ1n) is 7.82. The molecular formula is C18H22N2O2. The van der Waals surface area contributed by atoms with Crippen LogP contribution in [-0.2, 0) is 7.05 Å². The van der Waals surface area contributed by atoms with Gasteiger partial charge in [0.2, 0.25) is 0 Å². The first kappa shape index (κ1) is 14.9. The molecule has 0 radical (unpaired) electrons. The standard InChI is InChI=1S/C18H22N2O2/c1-19-11-6-10-16(19)18(22)20-12-5-9-15(20)13-17(21)14-7-3-2-4-8-14/h2-4,6-8,10-11,15,17,21H,5,9,12-13H2,1H3/t15-,17-/m0/s1. The van der Waals surface area contributed by atoms with Crippen molar-refractivity contribution in [3.05, 3.63) is 59.9 Å². The molecule has 1 aliphatic heterocycles. The highest BCUT2D eigenvalue weighted by molar-refractivity contribution is 5.93. The molecule has 0 aliphatic carbocycles. The number of hydrogen-bond donors (Lipinski definition) is 1. The molecule has 1 N–H and O–H groups in total. The van der Waals surface area contributed by atoms with Crippen LogP contribution in [0.4, 0.5) is 0 Å². The van der Waals surface area contributed by atoms with Gasteiger partial charge in [0.25, 0.3) is 5.91 Å². The van der Waals surface area contributed by atoms with E-state index in [1.165, 1.54) is 0 Å². The van der Waals surface area contributed by atoms with Gasteiger partial charge in [0.1, 0.15) is 5.69 Å². The Labute approximate surface area is 131 Å². The Balaban J connectivity index is 1.71. The number of aliphatic hydroxyl groups excluding tert-OH is 1. The van der Waals surface area contributed by atoms with Gasteiger partial charge in [-0.1, -0.05) is 30.3 Å². The molecular weight excluding hydrogens is 276 g/mol. The summed E-state index contributed by atoms with van der Waals surface area (Å²) in [7, 11) is 1.89. The summed E-state index contributed by atoms with van der Waals surface area (Å²) in [6.45, 7) is 0.774. The highest BCUT2D eigenvalue weighted by Crippen LogP contribution is 2.28. The third-order valence-electron chi connectivity index (χ3n) is 4.48. The molecule has 0 saturated carbocycles. The monoisotopic (exact) mass is 298 g/mol. The molecule has 2 heterocycles. The van der Waals surface area contributed by atoms with Gasteiger partial charge in [-0.25, -0.2) is 0 Å².